The van der Waals surface area contributed by atoms with Crippen LogP contribution in [0.25, 0.3) is 11.1 Å². The van der Waals surface area contributed by atoms with Crippen molar-refractivity contribution in [2.75, 3.05) is 13.1 Å². The quantitative estimate of drug-likeness (QED) is 0.815. The van der Waals surface area contributed by atoms with Gasteiger partial charge >= 0.3 is 0 Å². The van der Waals surface area contributed by atoms with Gasteiger partial charge in [0.2, 0.25) is 5.95 Å². The van der Waals surface area contributed by atoms with E-state index in [2.05, 4.69) is 10.3 Å². The van der Waals surface area contributed by atoms with Gasteiger partial charge < -0.3 is 5.32 Å². The molecule has 0 unspecified atom stereocenters. The molecule has 1 fully saturated rings. The Balaban J connectivity index is 1.86. The lowest BCUT2D eigenvalue weighted by molar-refractivity contribution is 0.584. The number of fused-ring (bicyclic) bond motifs is 3. The second-order valence-electron chi connectivity index (χ2n) is 5.47. The van der Waals surface area contributed by atoms with Gasteiger partial charge in [-0.25, -0.2) is 13.4 Å². The molecule has 1 N–H and O–H groups in total. The average Bonchev–Trinajstić information content (AvgIpc) is 3.03. The van der Waals surface area contributed by atoms with Gasteiger partial charge in [-0.2, -0.15) is 4.39 Å². The molecule has 2 aliphatic rings. The monoisotopic (exact) mass is 304 g/mol. The number of halogens is 1. The number of pyridine rings is 1. The lowest BCUT2D eigenvalue weighted by Crippen LogP contribution is -2.22. The largest absolute Gasteiger partial charge is 0.315 e. The third-order valence-electron chi connectivity index (χ3n) is 4.33. The van der Waals surface area contributed by atoms with E-state index in [1.807, 2.05) is 6.07 Å². The van der Waals surface area contributed by atoms with Crippen molar-refractivity contribution < 1.29 is 12.8 Å². The van der Waals surface area contributed by atoms with Gasteiger partial charge in [0.1, 0.15) is 0 Å². The fourth-order valence-corrected chi connectivity index (χ4v) is 5.41. The van der Waals surface area contributed by atoms with Crippen molar-refractivity contribution in [2.45, 2.75) is 16.1 Å². The smallest absolute Gasteiger partial charge is 0.212 e. The number of rotatable bonds is 1. The maximum absolute atomic E-state index is 12.9. The fraction of sp³-hybridized carbons (Fsp3) is 0.267. The maximum Gasteiger partial charge on any atom is 0.212 e. The Kier molecular flexibility index (Phi) is 2.68. The van der Waals surface area contributed by atoms with Crippen molar-refractivity contribution in [1.29, 1.82) is 0 Å². The summed E-state index contributed by atoms with van der Waals surface area (Å²) in [5.74, 6) is -0.513. The lowest BCUT2D eigenvalue weighted by Gasteiger charge is -2.08. The first kappa shape index (κ1) is 12.9. The molecule has 3 heterocycles. The van der Waals surface area contributed by atoms with Crippen molar-refractivity contribution in [3.05, 3.63) is 48.0 Å². The van der Waals surface area contributed by atoms with Gasteiger partial charge in [-0.15, -0.1) is 0 Å². The Bertz CT molecular complexity index is 818. The third kappa shape index (κ3) is 1.82. The van der Waals surface area contributed by atoms with Crippen LogP contribution in [0, 0.1) is 5.95 Å². The number of sulfone groups is 1. The molecular weight excluding hydrogens is 291 g/mol. The number of hydrogen-bond donors (Lipinski definition) is 1. The Hall–Kier alpha value is -1.79. The molecule has 6 heteroatoms. The van der Waals surface area contributed by atoms with Gasteiger partial charge in [0.15, 0.2) is 9.84 Å². The van der Waals surface area contributed by atoms with Crippen LogP contribution in [0.3, 0.4) is 0 Å². The first-order chi connectivity index (χ1) is 10.1. The van der Waals surface area contributed by atoms with Crippen molar-refractivity contribution in [2.24, 2.45) is 0 Å². The predicted octanol–water partition coefficient (Wildman–Crippen LogP) is 1.73. The molecule has 108 valence electrons. The van der Waals surface area contributed by atoms with Crippen LogP contribution in [0.4, 0.5) is 4.39 Å². The van der Waals surface area contributed by atoms with E-state index < -0.39 is 15.8 Å². The molecule has 1 aromatic carbocycles. The maximum atomic E-state index is 12.9. The third-order valence-corrected chi connectivity index (χ3v) is 6.61. The van der Waals surface area contributed by atoms with E-state index >= 15 is 0 Å². The number of aromatic nitrogens is 1. The Morgan fingerprint density at radius 3 is 2.71 bits per heavy atom. The molecule has 0 bridgehead atoms. The zero-order chi connectivity index (χ0) is 14.6. The summed E-state index contributed by atoms with van der Waals surface area (Å²) >= 11 is 0. The molecule has 0 spiro atoms. The molecule has 0 saturated carbocycles. The van der Waals surface area contributed by atoms with Gasteiger partial charge in [0.25, 0.3) is 0 Å². The molecule has 21 heavy (non-hydrogen) atoms. The minimum atomic E-state index is -3.23. The van der Waals surface area contributed by atoms with E-state index in [1.165, 1.54) is 12.3 Å². The minimum Gasteiger partial charge on any atom is -0.315 e. The van der Waals surface area contributed by atoms with Crippen LogP contribution in [0.2, 0.25) is 0 Å². The molecular formula is C15H13FN2O2S. The summed E-state index contributed by atoms with van der Waals surface area (Å²) < 4.78 is 37.8. The zero-order valence-electron chi connectivity index (χ0n) is 11.1. The fourth-order valence-electron chi connectivity index (χ4n) is 3.28. The minimum absolute atomic E-state index is 0.0124. The highest BCUT2D eigenvalue weighted by atomic mass is 32.2. The Morgan fingerprint density at radius 2 is 1.95 bits per heavy atom. The highest BCUT2D eigenvalue weighted by Gasteiger charge is 2.47. The molecule has 0 amide bonds. The normalized spacial score (nSPS) is 25.6. The highest BCUT2D eigenvalue weighted by Crippen LogP contribution is 2.43. The summed E-state index contributed by atoms with van der Waals surface area (Å²) in [6.07, 6.45) is 1.46. The Labute approximate surface area is 121 Å². The van der Waals surface area contributed by atoms with E-state index in [-0.39, 0.29) is 11.2 Å². The number of hydrogen-bond acceptors (Lipinski definition) is 4. The van der Waals surface area contributed by atoms with Crippen LogP contribution in [0.1, 0.15) is 11.5 Å². The molecule has 2 aliphatic heterocycles. The molecule has 2 atom stereocenters. The summed E-state index contributed by atoms with van der Waals surface area (Å²) in [4.78, 5) is 4.09. The second kappa shape index (κ2) is 4.35. The molecule has 1 saturated heterocycles. The van der Waals surface area contributed by atoms with Gasteiger partial charge in [0, 0.05) is 30.8 Å². The van der Waals surface area contributed by atoms with Crippen LogP contribution < -0.4 is 5.32 Å². The van der Waals surface area contributed by atoms with Crippen molar-refractivity contribution in [3.8, 4) is 11.1 Å². The average molecular weight is 304 g/mol. The van der Waals surface area contributed by atoms with E-state index in [0.717, 1.165) is 16.7 Å². The van der Waals surface area contributed by atoms with E-state index in [1.54, 1.807) is 18.2 Å². The molecule has 0 aliphatic carbocycles. The first-order valence-corrected chi connectivity index (χ1v) is 8.32. The van der Waals surface area contributed by atoms with Gasteiger partial charge in [-0.3, -0.25) is 0 Å². The van der Waals surface area contributed by atoms with Crippen LogP contribution >= 0.6 is 0 Å². The number of nitrogens with zero attached hydrogens (tertiary/aromatic N) is 1. The van der Waals surface area contributed by atoms with Crippen molar-refractivity contribution in [3.63, 3.8) is 0 Å². The van der Waals surface area contributed by atoms with Crippen LogP contribution in [-0.2, 0) is 9.84 Å². The summed E-state index contributed by atoms with van der Waals surface area (Å²) in [5, 5.41) is 2.79. The molecule has 4 rings (SSSR count). The summed E-state index contributed by atoms with van der Waals surface area (Å²) in [5.41, 5.74) is 2.52. The van der Waals surface area contributed by atoms with E-state index in [9.17, 15) is 12.8 Å². The summed E-state index contributed by atoms with van der Waals surface area (Å²) in [6.45, 7) is 1.19. The van der Waals surface area contributed by atoms with Crippen molar-refractivity contribution in [1.82, 2.24) is 10.3 Å². The lowest BCUT2D eigenvalue weighted by atomic mass is 9.95. The van der Waals surface area contributed by atoms with Crippen molar-refractivity contribution >= 4 is 9.84 Å². The standard InChI is InChI=1S/C15H13FN2O2S/c16-15-4-2-10(6-18-15)9-1-3-13-11(5-9)12-7-17-8-14(12)21(13,19)20/h1-6,12,14,17H,7-8H2/t12-,14-/m1/s1. The van der Waals surface area contributed by atoms with Gasteiger partial charge in [-0.05, 0) is 35.4 Å². The van der Waals surface area contributed by atoms with Gasteiger partial charge in [0.05, 0.1) is 10.1 Å². The first-order valence-electron chi connectivity index (χ1n) is 6.78. The number of benzene rings is 1. The van der Waals surface area contributed by atoms with Crippen LogP contribution in [-0.4, -0.2) is 31.7 Å². The molecule has 0 radical (unpaired) electrons. The highest BCUT2D eigenvalue weighted by molar-refractivity contribution is 7.92. The van der Waals surface area contributed by atoms with Crippen LogP contribution in [0.15, 0.2) is 41.4 Å². The van der Waals surface area contributed by atoms with E-state index in [0.29, 0.717) is 18.0 Å². The number of nitrogens with one attached hydrogen (secondary N) is 1. The van der Waals surface area contributed by atoms with Crippen LogP contribution in [0.5, 0.6) is 0 Å². The van der Waals surface area contributed by atoms with Gasteiger partial charge in [-0.1, -0.05) is 6.07 Å². The second-order valence-corrected chi connectivity index (χ2v) is 7.61. The Morgan fingerprint density at radius 1 is 1.14 bits per heavy atom. The molecule has 4 nitrogen and oxygen atoms in total. The predicted molar refractivity (Wildman–Crippen MR) is 76.2 cm³/mol. The topological polar surface area (TPSA) is 59.1 Å². The SMILES string of the molecule is O=S1(=O)c2ccc(-c3ccc(F)nc3)cc2[C@H]2CNC[C@H]21. The zero-order valence-corrected chi connectivity index (χ0v) is 11.9. The summed E-state index contributed by atoms with van der Waals surface area (Å²) in [7, 11) is -3.23. The van der Waals surface area contributed by atoms with E-state index in [4.69, 9.17) is 0 Å². The summed E-state index contributed by atoms with van der Waals surface area (Å²) in [6, 6.07) is 8.29. The molecule has 1 aromatic heterocycles. The molecule has 2 aromatic rings.